The molecule has 0 saturated carbocycles. The van der Waals surface area contributed by atoms with E-state index in [0.29, 0.717) is 5.41 Å². The van der Waals surface area contributed by atoms with Gasteiger partial charge in [0.1, 0.15) is 0 Å². The molecule has 0 amide bonds. The summed E-state index contributed by atoms with van der Waals surface area (Å²) in [4.78, 5) is 2.55. The summed E-state index contributed by atoms with van der Waals surface area (Å²) in [6, 6.07) is 7.91. The lowest BCUT2D eigenvalue weighted by Crippen LogP contribution is -2.39. The van der Waals surface area contributed by atoms with Crippen molar-refractivity contribution in [2.75, 3.05) is 31.5 Å². The van der Waals surface area contributed by atoms with Gasteiger partial charge in [-0.05, 0) is 55.6 Å². The highest BCUT2D eigenvalue weighted by atomic mass is 35.5. The van der Waals surface area contributed by atoms with Crippen molar-refractivity contribution >= 4 is 17.3 Å². The van der Waals surface area contributed by atoms with Crippen LogP contribution in [0.25, 0.3) is 0 Å². The van der Waals surface area contributed by atoms with Crippen molar-refractivity contribution < 1.29 is 0 Å². The van der Waals surface area contributed by atoms with Crippen molar-refractivity contribution in [3.8, 4) is 0 Å². The standard InChI is InChI=1S/C15H23ClN2/c1-15(2)7-10-18(11-8-15)12-9-17-14-5-3-13(16)4-6-14/h3-6,17H,7-12H2,1-2H3. The number of halogens is 1. The van der Waals surface area contributed by atoms with Crippen molar-refractivity contribution in [2.45, 2.75) is 26.7 Å². The van der Waals surface area contributed by atoms with Gasteiger partial charge < -0.3 is 10.2 Å². The van der Waals surface area contributed by atoms with Crippen molar-refractivity contribution in [1.82, 2.24) is 4.90 Å². The number of hydrogen-bond acceptors (Lipinski definition) is 2. The third-order valence-electron chi connectivity index (χ3n) is 3.81. The minimum atomic E-state index is 0.542. The first kappa shape index (κ1) is 13.7. The minimum absolute atomic E-state index is 0.542. The predicted octanol–water partition coefficient (Wildman–Crippen LogP) is 3.87. The highest BCUT2D eigenvalue weighted by Gasteiger charge is 2.24. The van der Waals surface area contributed by atoms with Crippen molar-refractivity contribution in [2.24, 2.45) is 5.41 Å². The summed E-state index contributed by atoms with van der Waals surface area (Å²) in [5, 5.41) is 4.23. The summed E-state index contributed by atoms with van der Waals surface area (Å²) in [6.45, 7) is 9.33. The fraction of sp³-hybridized carbons (Fsp3) is 0.600. The minimum Gasteiger partial charge on any atom is -0.384 e. The Kier molecular flexibility index (Phi) is 4.52. The molecule has 0 bridgehead atoms. The SMILES string of the molecule is CC1(C)CCN(CCNc2ccc(Cl)cc2)CC1. The van der Waals surface area contributed by atoms with Gasteiger partial charge in [0.15, 0.2) is 0 Å². The van der Waals surface area contributed by atoms with Gasteiger partial charge in [-0.15, -0.1) is 0 Å². The summed E-state index contributed by atoms with van der Waals surface area (Å²) in [7, 11) is 0. The smallest absolute Gasteiger partial charge is 0.0407 e. The topological polar surface area (TPSA) is 15.3 Å². The number of piperidine rings is 1. The molecule has 0 atom stereocenters. The Labute approximate surface area is 115 Å². The second kappa shape index (κ2) is 5.94. The number of hydrogen-bond donors (Lipinski definition) is 1. The van der Waals surface area contributed by atoms with Gasteiger partial charge in [0, 0.05) is 23.8 Å². The molecule has 0 aromatic heterocycles. The van der Waals surface area contributed by atoms with Crippen LogP contribution in [-0.2, 0) is 0 Å². The maximum atomic E-state index is 5.86. The molecule has 0 radical (unpaired) electrons. The van der Waals surface area contributed by atoms with E-state index in [-0.39, 0.29) is 0 Å². The maximum Gasteiger partial charge on any atom is 0.0407 e. The molecule has 1 aromatic carbocycles. The lowest BCUT2D eigenvalue weighted by molar-refractivity contribution is 0.137. The lowest BCUT2D eigenvalue weighted by atomic mass is 9.83. The average molecular weight is 267 g/mol. The Hall–Kier alpha value is -0.730. The molecule has 3 heteroatoms. The summed E-state index contributed by atoms with van der Waals surface area (Å²) in [5.41, 5.74) is 1.69. The average Bonchev–Trinajstić information content (AvgIpc) is 2.34. The fourth-order valence-corrected chi connectivity index (χ4v) is 2.43. The molecule has 0 unspecified atom stereocenters. The zero-order valence-electron chi connectivity index (χ0n) is 11.4. The van der Waals surface area contributed by atoms with Crippen molar-refractivity contribution in [1.29, 1.82) is 0 Å². The monoisotopic (exact) mass is 266 g/mol. The third kappa shape index (κ3) is 4.18. The van der Waals surface area contributed by atoms with Crippen LogP contribution in [0.3, 0.4) is 0 Å². The first-order valence-electron chi connectivity index (χ1n) is 6.77. The molecule has 1 aliphatic rings. The number of likely N-dealkylation sites (tertiary alicyclic amines) is 1. The molecule has 100 valence electrons. The number of anilines is 1. The van der Waals surface area contributed by atoms with E-state index in [1.54, 1.807) is 0 Å². The molecule has 0 aliphatic carbocycles. The first-order chi connectivity index (χ1) is 8.55. The van der Waals surface area contributed by atoms with E-state index < -0.39 is 0 Å². The fourth-order valence-electron chi connectivity index (χ4n) is 2.31. The molecule has 2 nitrogen and oxygen atoms in total. The highest BCUT2D eigenvalue weighted by molar-refractivity contribution is 6.30. The van der Waals surface area contributed by atoms with Gasteiger partial charge in [0.05, 0.1) is 0 Å². The van der Waals surface area contributed by atoms with Crippen LogP contribution in [0.1, 0.15) is 26.7 Å². The van der Waals surface area contributed by atoms with Gasteiger partial charge in [0.25, 0.3) is 0 Å². The summed E-state index contributed by atoms with van der Waals surface area (Å²) in [5.74, 6) is 0. The number of benzene rings is 1. The molecular formula is C15H23ClN2. The Balaban J connectivity index is 1.68. The van der Waals surface area contributed by atoms with Crippen LogP contribution in [0.4, 0.5) is 5.69 Å². The molecule has 1 N–H and O–H groups in total. The molecule has 1 fully saturated rings. The van der Waals surface area contributed by atoms with E-state index in [4.69, 9.17) is 11.6 Å². The lowest BCUT2D eigenvalue weighted by Gasteiger charge is -2.36. The third-order valence-corrected chi connectivity index (χ3v) is 4.06. The van der Waals surface area contributed by atoms with Gasteiger partial charge >= 0.3 is 0 Å². The van der Waals surface area contributed by atoms with Crippen LogP contribution in [0, 0.1) is 5.41 Å². The molecule has 1 aromatic rings. The zero-order chi connectivity index (χ0) is 13.0. The summed E-state index contributed by atoms with van der Waals surface area (Å²) >= 11 is 5.86. The predicted molar refractivity (Wildman–Crippen MR) is 79.4 cm³/mol. The van der Waals surface area contributed by atoms with Crippen LogP contribution in [0.5, 0.6) is 0 Å². The van der Waals surface area contributed by atoms with Gasteiger partial charge in [0.2, 0.25) is 0 Å². The maximum absolute atomic E-state index is 5.86. The van der Waals surface area contributed by atoms with Crippen LogP contribution in [0.15, 0.2) is 24.3 Å². The quantitative estimate of drug-likeness (QED) is 0.890. The molecule has 1 saturated heterocycles. The van der Waals surface area contributed by atoms with E-state index in [2.05, 4.69) is 24.1 Å². The van der Waals surface area contributed by atoms with Gasteiger partial charge in [-0.3, -0.25) is 0 Å². The van der Waals surface area contributed by atoms with Crippen LogP contribution >= 0.6 is 11.6 Å². The van der Waals surface area contributed by atoms with Gasteiger partial charge in [-0.25, -0.2) is 0 Å². The molecule has 0 spiro atoms. The van der Waals surface area contributed by atoms with Crippen LogP contribution < -0.4 is 5.32 Å². The Morgan fingerprint density at radius 1 is 1.17 bits per heavy atom. The zero-order valence-corrected chi connectivity index (χ0v) is 12.1. The van der Waals surface area contributed by atoms with E-state index in [1.165, 1.54) is 25.9 Å². The van der Waals surface area contributed by atoms with E-state index in [1.807, 2.05) is 24.3 Å². The van der Waals surface area contributed by atoms with E-state index in [9.17, 15) is 0 Å². The van der Waals surface area contributed by atoms with Crippen LogP contribution in [0.2, 0.25) is 5.02 Å². The van der Waals surface area contributed by atoms with E-state index >= 15 is 0 Å². The van der Waals surface area contributed by atoms with E-state index in [0.717, 1.165) is 23.8 Å². The Morgan fingerprint density at radius 2 is 1.78 bits per heavy atom. The number of nitrogens with one attached hydrogen (secondary N) is 1. The molecule has 2 rings (SSSR count). The van der Waals surface area contributed by atoms with Gasteiger partial charge in [-0.1, -0.05) is 25.4 Å². The van der Waals surface area contributed by atoms with Crippen LogP contribution in [-0.4, -0.2) is 31.1 Å². The largest absolute Gasteiger partial charge is 0.384 e. The molecule has 18 heavy (non-hydrogen) atoms. The Morgan fingerprint density at radius 3 is 2.39 bits per heavy atom. The number of nitrogens with zero attached hydrogens (tertiary/aromatic N) is 1. The first-order valence-corrected chi connectivity index (χ1v) is 7.15. The second-order valence-corrected chi connectivity index (χ2v) is 6.38. The normalized spacial score (nSPS) is 19.7. The molecular weight excluding hydrogens is 244 g/mol. The second-order valence-electron chi connectivity index (χ2n) is 5.94. The van der Waals surface area contributed by atoms with Crippen molar-refractivity contribution in [3.05, 3.63) is 29.3 Å². The number of rotatable bonds is 4. The molecule has 1 aliphatic heterocycles. The highest BCUT2D eigenvalue weighted by Crippen LogP contribution is 2.29. The Bertz CT molecular complexity index is 363. The summed E-state index contributed by atoms with van der Waals surface area (Å²) < 4.78 is 0. The molecule has 1 heterocycles. The van der Waals surface area contributed by atoms with Crippen molar-refractivity contribution in [3.63, 3.8) is 0 Å². The van der Waals surface area contributed by atoms with Gasteiger partial charge in [-0.2, -0.15) is 0 Å². The summed E-state index contributed by atoms with van der Waals surface area (Å²) in [6.07, 6.45) is 2.63.